The molecule has 4 heteroatoms. The van der Waals surface area contributed by atoms with Gasteiger partial charge in [0.15, 0.2) is 5.78 Å². The van der Waals surface area contributed by atoms with Crippen LogP contribution >= 0.6 is 0 Å². The predicted octanol–water partition coefficient (Wildman–Crippen LogP) is 13.0. The van der Waals surface area contributed by atoms with E-state index in [1.807, 2.05) is 27.7 Å². The van der Waals surface area contributed by atoms with Crippen LogP contribution in [-0.4, -0.2) is 15.9 Å². The van der Waals surface area contributed by atoms with Crippen LogP contribution in [0.2, 0.25) is 0 Å². The number of carbonyl (C=O) groups excluding carboxylic acids is 1. The van der Waals surface area contributed by atoms with Gasteiger partial charge in [-0.25, -0.2) is 0 Å². The molecule has 3 nitrogen and oxygen atoms in total. The van der Waals surface area contributed by atoms with Gasteiger partial charge in [0.1, 0.15) is 0 Å². The monoisotopic (exact) mass is 853 g/mol. The van der Waals surface area contributed by atoms with Crippen molar-refractivity contribution in [2.75, 3.05) is 0 Å². The first kappa shape index (κ1) is 39.4. The zero-order chi connectivity index (χ0) is 35.8. The molecular weight excluding hydrogens is 803 g/mol. The summed E-state index contributed by atoms with van der Waals surface area (Å²) >= 11 is 0. The molecule has 0 aliphatic rings. The van der Waals surface area contributed by atoms with E-state index in [4.69, 9.17) is 4.98 Å². The van der Waals surface area contributed by atoms with Crippen molar-refractivity contribution in [3.63, 3.8) is 0 Å². The second kappa shape index (κ2) is 18.2. The second-order valence-corrected chi connectivity index (χ2v) is 13.4. The number of aromatic nitrogens is 1. The summed E-state index contributed by atoms with van der Waals surface area (Å²) in [5, 5.41) is 13.3. The van der Waals surface area contributed by atoms with Crippen molar-refractivity contribution in [2.24, 2.45) is 11.8 Å². The number of rotatable bonds is 10. The molecule has 0 saturated heterocycles. The molecular formula is C47H50IrNO2-. The molecule has 265 valence electrons. The average Bonchev–Trinajstić information content (AvgIpc) is 3.12. The van der Waals surface area contributed by atoms with Gasteiger partial charge in [-0.3, -0.25) is 9.78 Å². The maximum Gasteiger partial charge on any atom is 0.162 e. The van der Waals surface area contributed by atoms with Crippen LogP contribution in [0.25, 0.3) is 55.2 Å². The molecule has 1 N–H and O–H groups in total. The fourth-order valence-electron chi connectivity index (χ4n) is 6.98. The van der Waals surface area contributed by atoms with Crippen LogP contribution < -0.4 is 0 Å². The number of benzene rings is 5. The SMILES string of the molecule is CCC(CC)C(=O)/C=C(\O)C(CC)CC.Cc1cc(C)c2c(C)cc(-c3[c-]c4ccccc4c(-c4ccc(-c5ccccc5)cc4)c3)nc2c1.[Ir]. The van der Waals surface area contributed by atoms with Crippen LogP contribution in [0.1, 0.15) is 70.1 Å². The topological polar surface area (TPSA) is 50.2 Å². The van der Waals surface area contributed by atoms with E-state index in [0.29, 0.717) is 0 Å². The van der Waals surface area contributed by atoms with Gasteiger partial charge in [0.05, 0.1) is 11.3 Å². The fraction of sp³-hybridized carbons (Fsp3) is 0.277. The molecule has 0 amide bonds. The van der Waals surface area contributed by atoms with Crippen LogP contribution in [0.4, 0.5) is 0 Å². The van der Waals surface area contributed by atoms with Crippen LogP contribution in [0.3, 0.4) is 0 Å². The Kier molecular flexibility index (Phi) is 14.1. The number of hydrogen-bond donors (Lipinski definition) is 1. The Balaban J connectivity index is 0.000000312. The minimum atomic E-state index is 0. The van der Waals surface area contributed by atoms with E-state index in [-0.39, 0.29) is 43.5 Å². The van der Waals surface area contributed by atoms with Crippen molar-refractivity contribution in [2.45, 2.75) is 74.1 Å². The van der Waals surface area contributed by atoms with E-state index in [1.54, 1.807) is 0 Å². The zero-order valence-electron chi connectivity index (χ0n) is 31.0. The summed E-state index contributed by atoms with van der Waals surface area (Å²) in [5.41, 5.74) is 11.6. The van der Waals surface area contributed by atoms with Gasteiger partial charge >= 0.3 is 0 Å². The van der Waals surface area contributed by atoms with Crippen molar-refractivity contribution in [1.29, 1.82) is 0 Å². The molecule has 0 bridgehead atoms. The molecule has 6 rings (SSSR count). The Labute approximate surface area is 318 Å². The number of aliphatic hydroxyl groups is 1. The van der Waals surface area contributed by atoms with Crippen molar-refractivity contribution < 1.29 is 30.0 Å². The van der Waals surface area contributed by atoms with Gasteiger partial charge < -0.3 is 5.11 Å². The number of carbonyl (C=O) groups is 1. The van der Waals surface area contributed by atoms with E-state index in [1.165, 1.54) is 55.8 Å². The van der Waals surface area contributed by atoms with Gasteiger partial charge in [0, 0.05) is 49.1 Å². The molecule has 0 aliphatic heterocycles. The van der Waals surface area contributed by atoms with Crippen LogP contribution in [0.5, 0.6) is 0 Å². The van der Waals surface area contributed by atoms with Gasteiger partial charge in [-0.05, 0) is 85.9 Å². The Bertz CT molecular complexity index is 2110. The second-order valence-electron chi connectivity index (χ2n) is 13.4. The van der Waals surface area contributed by atoms with Crippen molar-refractivity contribution in [3.8, 4) is 33.5 Å². The normalized spacial score (nSPS) is 11.4. The van der Waals surface area contributed by atoms with Gasteiger partial charge in [0.2, 0.25) is 0 Å². The van der Waals surface area contributed by atoms with E-state index in [2.05, 4.69) is 130 Å². The van der Waals surface area contributed by atoms with Gasteiger partial charge in [0.25, 0.3) is 0 Å². The molecule has 1 aromatic heterocycles. The number of aryl methyl sites for hydroxylation is 3. The van der Waals surface area contributed by atoms with Crippen LogP contribution in [0.15, 0.2) is 115 Å². The number of pyridine rings is 1. The minimum Gasteiger partial charge on any atom is -0.512 e. The summed E-state index contributed by atoms with van der Waals surface area (Å²) in [6, 6.07) is 40.4. The average molecular weight is 853 g/mol. The smallest absolute Gasteiger partial charge is 0.162 e. The summed E-state index contributed by atoms with van der Waals surface area (Å²) in [5.74, 6) is 0.547. The van der Waals surface area contributed by atoms with Crippen molar-refractivity contribution in [1.82, 2.24) is 4.98 Å². The number of allylic oxidation sites excluding steroid dienone is 2. The quantitative estimate of drug-likeness (QED) is 0.0848. The summed E-state index contributed by atoms with van der Waals surface area (Å²) in [6.07, 6.45) is 4.91. The molecule has 0 aliphatic carbocycles. The molecule has 0 saturated carbocycles. The Morgan fingerprint density at radius 3 is 1.92 bits per heavy atom. The van der Waals surface area contributed by atoms with E-state index in [9.17, 15) is 9.90 Å². The molecule has 51 heavy (non-hydrogen) atoms. The third-order valence-corrected chi connectivity index (χ3v) is 9.88. The summed E-state index contributed by atoms with van der Waals surface area (Å²) in [4.78, 5) is 16.8. The molecule has 0 unspecified atom stereocenters. The van der Waals surface area contributed by atoms with Crippen molar-refractivity contribution in [3.05, 3.63) is 138 Å². The van der Waals surface area contributed by atoms with Crippen LogP contribution in [-0.2, 0) is 24.9 Å². The van der Waals surface area contributed by atoms with Crippen LogP contribution in [0, 0.1) is 38.7 Å². The molecule has 0 atom stereocenters. The fourth-order valence-corrected chi connectivity index (χ4v) is 6.98. The van der Waals surface area contributed by atoms with E-state index >= 15 is 0 Å². The number of nitrogens with zero attached hydrogens (tertiary/aromatic N) is 1. The van der Waals surface area contributed by atoms with E-state index < -0.39 is 0 Å². The largest absolute Gasteiger partial charge is 0.512 e. The van der Waals surface area contributed by atoms with Crippen molar-refractivity contribution >= 4 is 27.5 Å². The summed E-state index contributed by atoms with van der Waals surface area (Å²) in [7, 11) is 0. The predicted molar refractivity (Wildman–Crippen MR) is 212 cm³/mol. The van der Waals surface area contributed by atoms with Gasteiger partial charge in [-0.2, -0.15) is 0 Å². The zero-order valence-corrected chi connectivity index (χ0v) is 33.4. The first-order valence-electron chi connectivity index (χ1n) is 18.1. The maximum atomic E-state index is 11.7. The summed E-state index contributed by atoms with van der Waals surface area (Å²) in [6.45, 7) is 14.6. The third-order valence-electron chi connectivity index (χ3n) is 9.88. The van der Waals surface area contributed by atoms with E-state index in [0.717, 1.165) is 47.8 Å². The first-order chi connectivity index (χ1) is 24.2. The molecule has 5 aromatic carbocycles. The van der Waals surface area contributed by atoms with Gasteiger partial charge in [-0.1, -0.05) is 129 Å². The minimum absolute atomic E-state index is 0. The molecule has 1 heterocycles. The number of hydrogen-bond acceptors (Lipinski definition) is 3. The summed E-state index contributed by atoms with van der Waals surface area (Å²) < 4.78 is 0. The Morgan fingerprint density at radius 1 is 0.706 bits per heavy atom. The van der Waals surface area contributed by atoms with Gasteiger partial charge in [-0.15, -0.1) is 23.6 Å². The first-order valence-corrected chi connectivity index (χ1v) is 18.1. The Morgan fingerprint density at radius 2 is 1.27 bits per heavy atom. The molecule has 6 aromatic rings. The number of fused-ring (bicyclic) bond motifs is 2. The Hall–Kier alpha value is -4.37. The third kappa shape index (κ3) is 9.30. The molecule has 0 spiro atoms. The molecule has 0 fully saturated rings. The standard InChI is InChI=1S/C34H26N.C13H24O2.Ir/c1-22-17-23(2)34-24(3)19-32(35-33(34)18-22)29-20-28-11-7-8-12-30(28)31(21-29)27-15-13-26(14-16-27)25-9-5-4-6-10-25;1-5-10(6-2)12(14)9-13(15)11(7-3)8-4;/h4-19,21H,1-3H3;9-11,14H,5-8H2,1-4H3;/q-1;;/b;12-9-;. The number of aliphatic hydroxyl groups excluding tert-OH is 1. The number of ketones is 1. The maximum absolute atomic E-state index is 11.7. The molecule has 1 radical (unpaired) electrons.